The summed E-state index contributed by atoms with van der Waals surface area (Å²) in [6.07, 6.45) is 10.5. The van der Waals surface area contributed by atoms with Crippen molar-refractivity contribution in [1.82, 2.24) is 24.1 Å². The fourth-order valence-electron chi connectivity index (χ4n) is 4.83. The maximum absolute atomic E-state index is 13.0. The first-order valence-corrected chi connectivity index (χ1v) is 12.9. The van der Waals surface area contributed by atoms with E-state index in [1.54, 1.807) is 0 Å². The van der Waals surface area contributed by atoms with Crippen molar-refractivity contribution >= 4 is 45.5 Å². The van der Waals surface area contributed by atoms with Gasteiger partial charge in [0.2, 0.25) is 5.95 Å². The first-order valence-electron chi connectivity index (χ1n) is 10.6. The molecule has 5 rings (SSSR count). The van der Waals surface area contributed by atoms with Crippen LogP contribution in [0.3, 0.4) is 0 Å². The number of nitrogens with zero attached hydrogens (tertiary/aromatic N) is 5. The average Bonchev–Trinajstić information content (AvgIpc) is 3.33. The molecule has 0 saturated carbocycles. The molecule has 9 heteroatoms. The Morgan fingerprint density at radius 2 is 1.97 bits per heavy atom. The SMILES string of the molecule is CC(C)(C)[S@+]([O-])N[C@@H]1c2cccnc2CC12CCN(c1ncc(I)c3nccn13)CC2. The van der Waals surface area contributed by atoms with Gasteiger partial charge >= 0.3 is 0 Å². The molecule has 1 aliphatic carbocycles. The second-order valence-corrected chi connectivity index (χ2v) is 12.7. The van der Waals surface area contributed by atoms with Gasteiger partial charge in [-0.25, -0.2) is 9.97 Å². The van der Waals surface area contributed by atoms with Crippen LogP contribution < -0.4 is 9.62 Å². The predicted octanol–water partition coefficient (Wildman–Crippen LogP) is 3.66. The molecule has 1 fully saturated rings. The molecule has 31 heavy (non-hydrogen) atoms. The number of pyridine rings is 1. The van der Waals surface area contributed by atoms with Crippen molar-refractivity contribution < 1.29 is 4.55 Å². The zero-order valence-electron chi connectivity index (χ0n) is 18.0. The topological polar surface area (TPSA) is 81.4 Å². The van der Waals surface area contributed by atoms with Crippen LogP contribution in [0.1, 0.15) is 50.9 Å². The Kier molecular flexibility index (Phi) is 5.43. The van der Waals surface area contributed by atoms with Crippen molar-refractivity contribution in [1.29, 1.82) is 0 Å². The van der Waals surface area contributed by atoms with Crippen molar-refractivity contribution in [2.24, 2.45) is 5.41 Å². The fourth-order valence-corrected chi connectivity index (χ4v) is 6.31. The van der Waals surface area contributed by atoms with E-state index in [1.165, 1.54) is 5.56 Å². The van der Waals surface area contributed by atoms with E-state index in [4.69, 9.17) is 4.98 Å². The number of nitrogens with one attached hydrogen (secondary N) is 1. The van der Waals surface area contributed by atoms with Gasteiger partial charge < -0.3 is 9.45 Å². The summed E-state index contributed by atoms with van der Waals surface area (Å²) in [4.78, 5) is 16.2. The Morgan fingerprint density at radius 3 is 2.71 bits per heavy atom. The molecule has 1 N–H and O–H groups in total. The highest BCUT2D eigenvalue weighted by Gasteiger charge is 2.51. The molecule has 3 aromatic rings. The van der Waals surface area contributed by atoms with Gasteiger partial charge in [-0.1, -0.05) is 6.07 Å². The minimum absolute atomic E-state index is 0.0192. The summed E-state index contributed by atoms with van der Waals surface area (Å²) in [6, 6.07) is 4.19. The van der Waals surface area contributed by atoms with Gasteiger partial charge in [-0.3, -0.25) is 9.38 Å². The summed E-state index contributed by atoms with van der Waals surface area (Å²) in [5.41, 5.74) is 3.32. The summed E-state index contributed by atoms with van der Waals surface area (Å²) in [5, 5.41) is 0. The van der Waals surface area contributed by atoms with Crippen LogP contribution >= 0.6 is 22.6 Å². The molecule has 1 aliphatic heterocycles. The van der Waals surface area contributed by atoms with Gasteiger partial charge in [-0.05, 0) is 74.3 Å². The van der Waals surface area contributed by atoms with Crippen molar-refractivity contribution in [2.75, 3.05) is 18.0 Å². The van der Waals surface area contributed by atoms with Crippen LogP contribution in [0.2, 0.25) is 0 Å². The highest BCUT2D eigenvalue weighted by molar-refractivity contribution is 14.1. The summed E-state index contributed by atoms with van der Waals surface area (Å²) >= 11 is 1.14. The predicted molar refractivity (Wildman–Crippen MR) is 131 cm³/mol. The van der Waals surface area contributed by atoms with E-state index in [0.717, 1.165) is 53.2 Å². The Hall–Kier alpha value is -1.43. The van der Waals surface area contributed by atoms with Crippen LogP contribution in [-0.4, -0.2) is 41.7 Å². The molecule has 1 saturated heterocycles. The molecular formula is C22H27IN6OS. The summed E-state index contributed by atoms with van der Waals surface area (Å²) in [7, 11) is 0. The number of halogens is 1. The number of hydrogen-bond donors (Lipinski definition) is 1. The number of fused-ring (bicyclic) bond motifs is 2. The second kappa shape index (κ2) is 7.86. The summed E-state index contributed by atoms with van der Waals surface area (Å²) in [5.74, 6) is 0.944. The molecule has 3 aromatic heterocycles. The maximum atomic E-state index is 13.0. The van der Waals surface area contributed by atoms with Crippen molar-refractivity contribution in [3.05, 3.63) is 51.7 Å². The lowest BCUT2D eigenvalue weighted by Crippen LogP contribution is -2.50. The van der Waals surface area contributed by atoms with E-state index in [0.29, 0.717) is 0 Å². The zero-order chi connectivity index (χ0) is 21.8. The average molecular weight is 550 g/mol. The van der Waals surface area contributed by atoms with Gasteiger partial charge in [0, 0.05) is 60.3 Å². The Balaban J connectivity index is 1.42. The molecule has 2 aliphatic rings. The van der Waals surface area contributed by atoms with Crippen molar-refractivity contribution in [2.45, 2.75) is 50.8 Å². The summed E-state index contributed by atoms with van der Waals surface area (Å²) < 4.78 is 19.4. The van der Waals surface area contributed by atoms with Crippen molar-refractivity contribution in [3.63, 3.8) is 0 Å². The van der Waals surface area contributed by atoms with Gasteiger partial charge in [0.25, 0.3) is 0 Å². The smallest absolute Gasteiger partial charge is 0.211 e. The summed E-state index contributed by atoms with van der Waals surface area (Å²) in [6.45, 7) is 7.85. The molecule has 0 amide bonds. The van der Waals surface area contributed by atoms with E-state index in [2.05, 4.69) is 52.6 Å². The third kappa shape index (κ3) is 3.73. The lowest BCUT2D eigenvalue weighted by atomic mass is 9.73. The largest absolute Gasteiger partial charge is 0.598 e. The lowest BCUT2D eigenvalue weighted by molar-refractivity contribution is 0.175. The molecule has 0 aromatic carbocycles. The highest BCUT2D eigenvalue weighted by Crippen LogP contribution is 2.52. The minimum atomic E-state index is -1.14. The van der Waals surface area contributed by atoms with Gasteiger partial charge in [0.1, 0.15) is 4.75 Å². The molecule has 4 heterocycles. The third-order valence-electron chi connectivity index (χ3n) is 6.55. The molecule has 164 valence electrons. The van der Waals surface area contributed by atoms with Gasteiger partial charge in [-0.15, -0.1) is 4.72 Å². The number of anilines is 1. The molecular weight excluding hydrogens is 523 g/mol. The van der Waals surface area contributed by atoms with E-state index in [9.17, 15) is 4.55 Å². The van der Waals surface area contributed by atoms with Gasteiger partial charge in [0.15, 0.2) is 5.65 Å². The minimum Gasteiger partial charge on any atom is -0.598 e. The Morgan fingerprint density at radius 1 is 1.19 bits per heavy atom. The van der Waals surface area contributed by atoms with Crippen LogP contribution in [0.4, 0.5) is 5.95 Å². The van der Waals surface area contributed by atoms with E-state index >= 15 is 0 Å². The number of piperidine rings is 1. The molecule has 1 spiro atoms. The van der Waals surface area contributed by atoms with Gasteiger partial charge in [0.05, 0.1) is 9.61 Å². The Bertz CT molecular complexity index is 1100. The molecule has 0 unspecified atom stereocenters. The monoisotopic (exact) mass is 550 g/mol. The Labute approximate surface area is 199 Å². The zero-order valence-corrected chi connectivity index (χ0v) is 21.0. The standard InChI is InChI=1S/C22H27IN6OS/c1-21(2,3)31(30)27-18-15-5-4-8-24-17(15)13-22(18)6-10-28(11-7-22)20-26-14-16(23)19-25-9-12-29(19)20/h4-5,8-9,12,14,18,27H,6-7,10-11,13H2,1-3H3/t18-,31+/m1/s1. The van der Waals surface area contributed by atoms with E-state index in [1.807, 2.05) is 51.6 Å². The van der Waals surface area contributed by atoms with Crippen LogP contribution in [0.5, 0.6) is 0 Å². The lowest BCUT2D eigenvalue weighted by Gasteiger charge is -2.44. The quantitative estimate of drug-likeness (QED) is 0.396. The van der Waals surface area contributed by atoms with Crippen LogP contribution in [0.25, 0.3) is 5.65 Å². The molecule has 0 radical (unpaired) electrons. The second-order valence-electron chi connectivity index (χ2n) is 9.52. The first kappa shape index (κ1) is 21.4. The molecule has 7 nitrogen and oxygen atoms in total. The van der Waals surface area contributed by atoms with Crippen LogP contribution in [0, 0.1) is 8.99 Å². The maximum Gasteiger partial charge on any atom is 0.211 e. The molecule has 2 atom stereocenters. The van der Waals surface area contributed by atoms with Crippen LogP contribution in [-0.2, 0) is 17.8 Å². The fraction of sp³-hybridized carbons (Fsp3) is 0.500. The first-order chi connectivity index (χ1) is 14.8. The normalized spacial score (nSPS) is 21.6. The van der Waals surface area contributed by atoms with Crippen molar-refractivity contribution in [3.8, 4) is 0 Å². The third-order valence-corrected chi connectivity index (χ3v) is 8.88. The highest BCUT2D eigenvalue weighted by atomic mass is 127. The number of rotatable bonds is 3. The molecule has 0 bridgehead atoms. The van der Waals surface area contributed by atoms with E-state index < -0.39 is 11.4 Å². The van der Waals surface area contributed by atoms with Gasteiger partial charge in [-0.2, -0.15) is 0 Å². The van der Waals surface area contributed by atoms with E-state index in [-0.39, 0.29) is 16.2 Å². The van der Waals surface area contributed by atoms with Crippen LogP contribution in [0.15, 0.2) is 36.9 Å². The number of imidazole rings is 1. The number of aromatic nitrogens is 4. The number of hydrogen-bond acceptors (Lipinski definition) is 6.